The minimum absolute atomic E-state index is 0.0322. The van der Waals surface area contributed by atoms with Crippen LogP contribution in [0.15, 0.2) is 24.3 Å². The maximum Gasteiger partial charge on any atom is 0.344 e. The summed E-state index contributed by atoms with van der Waals surface area (Å²) in [6.07, 6.45) is 3.02. The molecule has 0 atom stereocenters. The summed E-state index contributed by atoms with van der Waals surface area (Å²) in [5.74, 6) is 0.390. The monoisotopic (exact) mass is 279 g/mol. The smallest absolute Gasteiger partial charge is 0.344 e. The first-order chi connectivity index (χ1) is 9.76. The van der Waals surface area contributed by atoms with Crippen LogP contribution in [0.1, 0.15) is 38.7 Å². The lowest BCUT2D eigenvalue weighted by Crippen LogP contribution is -2.16. The van der Waals surface area contributed by atoms with E-state index in [1.165, 1.54) is 0 Å². The number of carbonyl (C=O) groups excluding carboxylic acids is 1. The van der Waals surface area contributed by atoms with E-state index < -0.39 is 0 Å². The Morgan fingerprint density at radius 1 is 1.25 bits per heavy atom. The molecule has 0 heterocycles. The van der Waals surface area contributed by atoms with E-state index >= 15 is 0 Å². The summed E-state index contributed by atoms with van der Waals surface area (Å²) in [4.78, 5) is 11.4. The third-order valence-corrected chi connectivity index (χ3v) is 2.77. The molecule has 4 nitrogen and oxygen atoms in total. The second kappa shape index (κ2) is 10.3. The number of benzene rings is 1. The molecule has 112 valence electrons. The van der Waals surface area contributed by atoms with Crippen LogP contribution in [0.5, 0.6) is 5.75 Å². The molecule has 0 fully saturated rings. The molecule has 0 unspecified atom stereocenters. The van der Waals surface area contributed by atoms with E-state index in [2.05, 4.69) is 19.2 Å². The van der Waals surface area contributed by atoms with Crippen molar-refractivity contribution in [1.29, 1.82) is 0 Å². The Hall–Kier alpha value is -1.55. The molecule has 1 aromatic carbocycles. The molecule has 0 aliphatic carbocycles. The summed E-state index contributed by atoms with van der Waals surface area (Å²) in [5, 5.41) is 3.33. The minimum atomic E-state index is -0.312. The summed E-state index contributed by atoms with van der Waals surface area (Å²) >= 11 is 0. The first-order valence-electron chi connectivity index (χ1n) is 7.34. The number of rotatable bonds is 10. The van der Waals surface area contributed by atoms with E-state index in [0.717, 1.165) is 37.9 Å². The first-order valence-corrected chi connectivity index (χ1v) is 7.34. The Labute approximate surface area is 121 Å². The number of unbranched alkanes of at least 4 members (excludes halogenated alkanes) is 1. The van der Waals surface area contributed by atoms with Crippen molar-refractivity contribution in [2.24, 2.45) is 0 Å². The number of esters is 1. The van der Waals surface area contributed by atoms with Crippen LogP contribution in [0.4, 0.5) is 0 Å². The minimum Gasteiger partial charge on any atom is -0.482 e. The van der Waals surface area contributed by atoms with Gasteiger partial charge in [-0.05, 0) is 37.1 Å². The highest BCUT2D eigenvalue weighted by Gasteiger charge is 2.04. The lowest BCUT2D eigenvalue weighted by molar-refractivity contribution is -0.146. The van der Waals surface area contributed by atoms with E-state index in [4.69, 9.17) is 9.47 Å². The summed E-state index contributed by atoms with van der Waals surface area (Å²) < 4.78 is 10.5. The van der Waals surface area contributed by atoms with Crippen molar-refractivity contribution in [3.8, 4) is 5.75 Å². The number of ether oxygens (including phenoxy) is 2. The van der Waals surface area contributed by atoms with Crippen molar-refractivity contribution in [2.45, 2.75) is 39.7 Å². The van der Waals surface area contributed by atoms with Crippen LogP contribution in [0.3, 0.4) is 0 Å². The van der Waals surface area contributed by atoms with E-state index in [0.29, 0.717) is 12.4 Å². The fourth-order valence-electron chi connectivity index (χ4n) is 1.67. The SMILES string of the molecule is CCCCOC(=O)COc1cccc(CNCCC)c1. The van der Waals surface area contributed by atoms with Crippen molar-refractivity contribution in [3.63, 3.8) is 0 Å². The van der Waals surface area contributed by atoms with Crippen molar-refractivity contribution in [2.75, 3.05) is 19.8 Å². The third-order valence-electron chi connectivity index (χ3n) is 2.77. The Bertz CT molecular complexity index is 393. The number of carbonyl (C=O) groups is 1. The van der Waals surface area contributed by atoms with Gasteiger partial charge in [0, 0.05) is 6.54 Å². The molecule has 0 amide bonds. The van der Waals surface area contributed by atoms with Crippen LogP contribution in [-0.2, 0) is 16.1 Å². The van der Waals surface area contributed by atoms with Gasteiger partial charge in [-0.1, -0.05) is 32.4 Å². The highest BCUT2D eigenvalue weighted by molar-refractivity contribution is 5.71. The first kappa shape index (κ1) is 16.5. The lowest BCUT2D eigenvalue weighted by atomic mass is 10.2. The van der Waals surface area contributed by atoms with Crippen molar-refractivity contribution < 1.29 is 14.3 Å². The van der Waals surface area contributed by atoms with Gasteiger partial charge in [-0.3, -0.25) is 0 Å². The number of hydrogen-bond acceptors (Lipinski definition) is 4. The Morgan fingerprint density at radius 3 is 2.85 bits per heavy atom. The van der Waals surface area contributed by atoms with Gasteiger partial charge in [0.05, 0.1) is 6.61 Å². The summed E-state index contributed by atoms with van der Waals surface area (Å²) in [7, 11) is 0. The highest BCUT2D eigenvalue weighted by Crippen LogP contribution is 2.13. The molecule has 0 spiro atoms. The van der Waals surface area contributed by atoms with E-state index in [1.54, 1.807) is 0 Å². The van der Waals surface area contributed by atoms with E-state index in [-0.39, 0.29) is 12.6 Å². The quantitative estimate of drug-likeness (QED) is 0.528. The van der Waals surface area contributed by atoms with Crippen LogP contribution in [0, 0.1) is 0 Å². The molecule has 0 aliphatic rings. The molecule has 1 rings (SSSR count). The average Bonchev–Trinajstić information content (AvgIpc) is 2.46. The normalized spacial score (nSPS) is 10.3. The van der Waals surface area contributed by atoms with Crippen LogP contribution >= 0.6 is 0 Å². The summed E-state index contributed by atoms with van der Waals surface area (Å²) in [5.41, 5.74) is 1.15. The standard InChI is InChI=1S/C16H25NO3/c1-3-5-10-19-16(18)13-20-15-8-6-7-14(11-15)12-17-9-4-2/h6-8,11,17H,3-5,9-10,12-13H2,1-2H3. The van der Waals surface area contributed by atoms with E-state index in [9.17, 15) is 4.79 Å². The van der Waals surface area contributed by atoms with Gasteiger partial charge in [0.15, 0.2) is 6.61 Å². The van der Waals surface area contributed by atoms with Crippen LogP contribution in [-0.4, -0.2) is 25.7 Å². The molecule has 4 heteroatoms. The third kappa shape index (κ3) is 7.14. The molecule has 0 saturated carbocycles. The second-order valence-corrected chi connectivity index (χ2v) is 4.69. The van der Waals surface area contributed by atoms with E-state index in [1.807, 2.05) is 24.3 Å². The Morgan fingerprint density at radius 2 is 2.10 bits per heavy atom. The average molecular weight is 279 g/mol. The maximum atomic E-state index is 11.4. The van der Waals surface area contributed by atoms with Gasteiger partial charge in [0.25, 0.3) is 0 Å². The molecule has 1 N–H and O–H groups in total. The lowest BCUT2D eigenvalue weighted by Gasteiger charge is -2.08. The van der Waals surface area contributed by atoms with Gasteiger partial charge < -0.3 is 14.8 Å². The predicted molar refractivity (Wildman–Crippen MR) is 79.8 cm³/mol. The Kier molecular flexibility index (Phi) is 8.47. The largest absolute Gasteiger partial charge is 0.482 e. The van der Waals surface area contributed by atoms with Crippen molar-refractivity contribution in [1.82, 2.24) is 5.32 Å². The van der Waals surface area contributed by atoms with Gasteiger partial charge in [0.1, 0.15) is 5.75 Å². The molecule has 0 aliphatic heterocycles. The molecular weight excluding hydrogens is 254 g/mol. The van der Waals surface area contributed by atoms with Crippen LogP contribution in [0.25, 0.3) is 0 Å². The van der Waals surface area contributed by atoms with Gasteiger partial charge in [-0.15, -0.1) is 0 Å². The zero-order valence-electron chi connectivity index (χ0n) is 12.5. The fourth-order valence-corrected chi connectivity index (χ4v) is 1.67. The van der Waals surface area contributed by atoms with Gasteiger partial charge in [-0.2, -0.15) is 0 Å². The summed E-state index contributed by atoms with van der Waals surface area (Å²) in [6.45, 7) is 6.44. The second-order valence-electron chi connectivity index (χ2n) is 4.69. The highest BCUT2D eigenvalue weighted by atomic mass is 16.6. The van der Waals surface area contributed by atoms with Crippen molar-refractivity contribution in [3.05, 3.63) is 29.8 Å². The zero-order valence-corrected chi connectivity index (χ0v) is 12.5. The molecule has 0 aromatic heterocycles. The topological polar surface area (TPSA) is 47.6 Å². The fraction of sp³-hybridized carbons (Fsp3) is 0.562. The summed E-state index contributed by atoms with van der Waals surface area (Å²) in [6, 6.07) is 7.76. The van der Waals surface area contributed by atoms with Gasteiger partial charge >= 0.3 is 5.97 Å². The molecule has 0 bridgehead atoms. The molecule has 0 saturated heterocycles. The van der Waals surface area contributed by atoms with Gasteiger partial charge in [0.2, 0.25) is 0 Å². The molecule has 0 radical (unpaired) electrons. The molecule has 20 heavy (non-hydrogen) atoms. The molecule has 1 aromatic rings. The van der Waals surface area contributed by atoms with Crippen molar-refractivity contribution >= 4 is 5.97 Å². The Balaban J connectivity index is 2.32. The number of hydrogen-bond donors (Lipinski definition) is 1. The van der Waals surface area contributed by atoms with Crippen LogP contribution in [0.2, 0.25) is 0 Å². The number of nitrogens with one attached hydrogen (secondary N) is 1. The molecular formula is C16H25NO3. The maximum absolute atomic E-state index is 11.4. The zero-order chi connectivity index (χ0) is 14.6. The van der Waals surface area contributed by atoms with Crippen LogP contribution < -0.4 is 10.1 Å². The predicted octanol–water partition coefficient (Wildman–Crippen LogP) is 2.91. The van der Waals surface area contributed by atoms with Gasteiger partial charge in [-0.25, -0.2) is 4.79 Å².